The number of aryl methyl sites for hydroxylation is 1. The fourth-order valence-electron chi connectivity index (χ4n) is 2.33. The molecule has 0 aliphatic carbocycles. The van der Waals surface area contributed by atoms with Gasteiger partial charge in [-0.25, -0.2) is 5.10 Å². The fraction of sp³-hybridized carbons (Fsp3) is 0.267. The minimum Gasteiger partial charge on any atom is -0.368 e. The summed E-state index contributed by atoms with van der Waals surface area (Å²) in [6.45, 7) is 2.80. The number of anilines is 1. The van der Waals surface area contributed by atoms with Gasteiger partial charge in [-0.05, 0) is 19.4 Å². The highest BCUT2D eigenvalue weighted by atomic mass is 16.2. The van der Waals surface area contributed by atoms with E-state index >= 15 is 0 Å². The van der Waals surface area contributed by atoms with Crippen LogP contribution < -0.4 is 16.2 Å². The molecule has 3 rings (SSSR count). The third kappa shape index (κ3) is 3.24. The van der Waals surface area contributed by atoms with E-state index in [1.54, 1.807) is 13.0 Å². The largest absolute Gasteiger partial charge is 0.368 e. The molecule has 0 aliphatic heterocycles. The van der Waals surface area contributed by atoms with Crippen LogP contribution >= 0.6 is 0 Å². The molecule has 0 atom stereocenters. The first-order valence-electron chi connectivity index (χ1n) is 7.53. The molecule has 0 spiro atoms. The fourth-order valence-corrected chi connectivity index (χ4v) is 2.33. The first-order chi connectivity index (χ1) is 11.7. The first-order valence-corrected chi connectivity index (χ1v) is 7.53. The molecule has 0 fully saturated rings. The van der Waals surface area contributed by atoms with Gasteiger partial charge in [-0.3, -0.25) is 9.59 Å². The van der Waals surface area contributed by atoms with Crippen molar-refractivity contribution in [2.45, 2.75) is 13.3 Å². The summed E-state index contributed by atoms with van der Waals surface area (Å²) in [5.74, 6) is 0.359. The van der Waals surface area contributed by atoms with Gasteiger partial charge in [0, 0.05) is 18.5 Å². The van der Waals surface area contributed by atoms with Crippen LogP contribution in [-0.4, -0.2) is 44.6 Å². The number of rotatable bonds is 6. The summed E-state index contributed by atoms with van der Waals surface area (Å²) in [6.07, 6.45) is 0.692. The third-order valence-electron chi connectivity index (χ3n) is 3.56. The van der Waals surface area contributed by atoms with E-state index in [9.17, 15) is 9.59 Å². The zero-order valence-electron chi connectivity index (χ0n) is 13.1. The number of H-pyrrole nitrogens is 2. The summed E-state index contributed by atoms with van der Waals surface area (Å²) in [5.41, 5.74) is 0.650. The number of hydrogen-bond acceptors (Lipinski definition) is 6. The molecule has 0 saturated heterocycles. The zero-order chi connectivity index (χ0) is 16.9. The Bertz CT molecular complexity index is 915. The number of carbonyl (C=O) groups is 1. The van der Waals surface area contributed by atoms with Gasteiger partial charge in [-0.2, -0.15) is 20.5 Å². The molecular weight excluding hydrogens is 310 g/mol. The molecule has 124 valence electrons. The van der Waals surface area contributed by atoms with Gasteiger partial charge < -0.3 is 10.6 Å². The number of carbonyl (C=O) groups excluding carboxylic acids is 1. The molecule has 2 heterocycles. The lowest BCUT2D eigenvalue weighted by Gasteiger charge is -2.08. The minimum absolute atomic E-state index is 0.216. The van der Waals surface area contributed by atoms with Gasteiger partial charge in [0.25, 0.3) is 11.5 Å². The second kappa shape index (κ2) is 6.90. The molecule has 0 aliphatic rings. The maximum atomic E-state index is 11.9. The Morgan fingerprint density at radius 3 is 2.67 bits per heavy atom. The minimum atomic E-state index is -0.256. The van der Waals surface area contributed by atoms with E-state index in [-0.39, 0.29) is 11.5 Å². The molecule has 0 bridgehead atoms. The van der Waals surface area contributed by atoms with Crippen molar-refractivity contribution in [3.05, 3.63) is 46.0 Å². The molecular formula is C15H17N7O2. The molecule has 0 unspecified atom stereocenters. The number of nitrogens with one attached hydrogen (secondary N) is 4. The summed E-state index contributed by atoms with van der Waals surface area (Å²) < 4.78 is 0. The summed E-state index contributed by atoms with van der Waals surface area (Å²) in [4.78, 5) is 23.6. The van der Waals surface area contributed by atoms with Crippen LogP contribution in [0.25, 0.3) is 10.8 Å². The molecule has 24 heavy (non-hydrogen) atoms. The Labute approximate surface area is 136 Å². The van der Waals surface area contributed by atoms with E-state index in [1.807, 2.05) is 18.2 Å². The summed E-state index contributed by atoms with van der Waals surface area (Å²) in [5, 5.41) is 23.8. The van der Waals surface area contributed by atoms with E-state index < -0.39 is 0 Å². The summed E-state index contributed by atoms with van der Waals surface area (Å²) in [6, 6.07) is 7.26. The van der Waals surface area contributed by atoms with E-state index in [0.29, 0.717) is 42.1 Å². The Hall–Kier alpha value is -3.23. The Morgan fingerprint density at radius 1 is 1.12 bits per heavy atom. The molecule has 4 N–H and O–H groups in total. The number of fused-ring (bicyclic) bond motifs is 1. The van der Waals surface area contributed by atoms with Crippen LogP contribution in [0.3, 0.4) is 0 Å². The zero-order valence-corrected chi connectivity index (χ0v) is 13.1. The molecule has 9 nitrogen and oxygen atoms in total. The number of hydrogen-bond donors (Lipinski definition) is 4. The predicted octanol–water partition coefficient (Wildman–Crippen LogP) is 0.582. The van der Waals surface area contributed by atoms with Crippen LogP contribution in [0, 0.1) is 6.92 Å². The van der Waals surface area contributed by atoms with Crippen molar-refractivity contribution < 1.29 is 4.79 Å². The topological polar surface area (TPSA) is 128 Å². The average molecular weight is 327 g/mol. The van der Waals surface area contributed by atoms with Gasteiger partial charge in [0.1, 0.15) is 0 Å². The van der Waals surface area contributed by atoms with Gasteiger partial charge >= 0.3 is 0 Å². The van der Waals surface area contributed by atoms with E-state index in [0.717, 1.165) is 5.39 Å². The van der Waals surface area contributed by atoms with Crippen LogP contribution in [-0.2, 0) is 0 Å². The Kier molecular flexibility index (Phi) is 4.50. The number of benzene rings is 1. The van der Waals surface area contributed by atoms with Crippen molar-refractivity contribution in [2.75, 3.05) is 18.4 Å². The molecule has 2 aromatic heterocycles. The second-order valence-electron chi connectivity index (χ2n) is 5.24. The van der Waals surface area contributed by atoms with Crippen molar-refractivity contribution in [3.63, 3.8) is 0 Å². The van der Waals surface area contributed by atoms with Crippen molar-refractivity contribution in [3.8, 4) is 0 Å². The highest BCUT2D eigenvalue weighted by molar-refractivity contribution is 5.93. The number of amides is 1. The lowest BCUT2D eigenvalue weighted by Crippen LogP contribution is -2.27. The first kappa shape index (κ1) is 15.7. The second-order valence-corrected chi connectivity index (χ2v) is 5.24. The standard InChI is InChI=1S/C15H17N7O2/c1-9-12(19-22-18-9)15(24)17-8-4-7-16-13-10-5-2-3-6-11(10)14(23)21-20-13/h2-3,5-6H,4,7-8H2,1H3,(H,16,20)(H,17,24)(H,21,23)(H,18,19,22). The van der Waals surface area contributed by atoms with Crippen molar-refractivity contribution in [1.29, 1.82) is 0 Å². The lowest BCUT2D eigenvalue weighted by atomic mass is 10.2. The Balaban J connectivity index is 1.53. The molecule has 0 saturated carbocycles. The van der Waals surface area contributed by atoms with Gasteiger partial charge in [0.2, 0.25) is 0 Å². The number of nitrogens with zero attached hydrogens (tertiary/aromatic N) is 3. The van der Waals surface area contributed by atoms with Gasteiger partial charge in [-0.15, -0.1) is 0 Å². The number of aromatic amines is 2. The Morgan fingerprint density at radius 2 is 1.92 bits per heavy atom. The predicted molar refractivity (Wildman–Crippen MR) is 88.9 cm³/mol. The van der Waals surface area contributed by atoms with Gasteiger partial charge in [0.15, 0.2) is 11.5 Å². The van der Waals surface area contributed by atoms with E-state index in [2.05, 4.69) is 36.2 Å². The van der Waals surface area contributed by atoms with Crippen LogP contribution in [0.5, 0.6) is 0 Å². The van der Waals surface area contributed by atoms with Crippen LogP contribution in [0.2, 0.25) is 0 Å². The summed E-state index contributed by atoms with van der Waals surface area (Å²) in [7, 11) is 0. The average Bonchev–Trinajstić information content (AvgIpc) is 3.02. The van der Waals surface area contributed by atoms with Crippen LogP contribution in [0.4, 0.5) is 5.82 Å². The maximum Gasteiger partial charge on any atom is 0.273 e. The quantitative estimate of drug-likeness (QED) is 0.490. The third-order valence-corrected chi connectivity index (χ3v) is 3.56. The van der Waals surface area contributed by atoms with Crippen molar-refractivity contribution in [2.24, 2.45) is 0 Å². The van der Waals surface area contributed by atoms with Crippen molar-refractivity contribution >= 4 is 22.5 Å². The molecule has 0 radical (unpaired) electrons. The normalized spacial score (nSPS) is 10.7. The lowest BCUT2D eigenvalue weighted by molar-refractivity contribution is 0.0948. The molecule has 1 aromatic carbocycles. The number of aromatic nitrogens is 5. The molecule has 1 amide bonds. The van der Waals surface area contributed by atoms with E-state index in [4.69, 9.17) is 0 Å². The van der Waals surface area contributed by atoms with Crippen molar-refractivity contribution in [1.82, 2.24) is 30.9 Å². The van der Waals surface area contributed by atoms with Crippen LogP contribution in [0.1, 0.15) is 22.6 Å². The highest BCUT2D eigenvalue weighted by Gasteiger charge is 2.12. The summed E-state index contributed by atoms with van der Waals surface area (Å²) >= 11 is 0. The monoisotopic (exact) mass is 327 g/mol. The molecule has 3 aromatic rings. The van der Waals surface area contributed by atoms with Gasteiger partial charge in [-0.1, -0.05) is 18.2 Å². The van der Waals surface area contributed by atoms with E-state index in [1.165, 1.54) is 0 Å². The smallest absolute Gasteiger partial charge is 0.273 e. The molecule has 9 heteroatoms. The SMILES string of the molecule is Cc1n[nH]nc1C(=O)NCCCNc1n[nH]c(=O)c2ccccc12. The van der Waals surface area contributed by atoms with Gasteiger partial charge in [0.05, 0.1) is 11.1 Å². The maximum absolute atomic E-state index is 11.9. The highest BCUT2D eigenvalue weighted by Crippen LogP contribution is 2.16. The van der Waals surface area contributed by atoms with Crippen LogP contribution in [0.15, 0.2) is 29.1 Å².